The van der Waals surface area contributed by atoms with Gasteiger partial charge >= 0.3 is 0 Å². The number of hydrogen-bond acceptors (Lipinski definition) is 6. The van der Waals surface area contributed by atoms with Gasteiger partial charge in [0.1, 0.15) is 5.58 Å². The highest BCUT2D eigenvalue weighted by Gasteiger charge is 2.42. The van der Waals surface area contributed by atoms with Crippen LogP contribution in [0, 0.1) is 6.92 Å². The van der Waals surface area contributed by atoms with E-state index in [-0.39, 0.29) is 17.1 Å². The molecule has 2 aliphatic heterocycles. The summed E-state index contributed by atoms with van der Waals surface area (Å²) in [4.78, 5) is 35.0. The van der Waals surface area contributed by atoms with Crippen molar-refractivity contribution in [2.45, 2.75) is 13.0 Å². The molecule has 1 amide bonds. The van der Waals surface area contributed by atoms with Crippen molar-refractivity contribution in [3.05, 3.63) is 75.4 Å². The molecule has 4 heterocycles. The van der Waals surface area contributed by atoms with Gasteiger partial charge in [-0.1, -0.05) is 17.7 Å². The Kier molecular flexibility index (Phi) is 4.84. The summed E-state index contributed by atoms with van der Waals surface area (Å²) in [5, 5.41) is 0.505. The molecule has 0 aliphatic carbocycles. The second-order valence-electron chi connectivity index (χ2n) is 7.82. The standard InChI is InChI=1S/C23H23N3O4/c1-15-4-5-18-17(13-15)21(27)19-20(16-3-2-6-24-14-16)26(23(28)22(19)30-18)8-7-25-9-11-29-12-10-25/h2-6,13-14,20H,7-12H2,1H3. The van der Waals surface area contributed by atoms with Gasteiger partial charge in [-0.25, -0.2) is 0 Å². The maximum absolute atomic E-state index is 13.5. The zero-order chi connectivity index (χ0) is 20.7. The van der Waals surface area contributed by atoms with Gasteiger partial charge in [-0.2, -0.15) is 0 Å². The third-order valence-electron chi connectivity index (χ3n) is 5.88. The lowest BCUT2D eigenvalue weighted by Crippen LogP contribution is -2.42. The minimum Gasteiger partial charge on any atom is -0.450 e. The van der Waals surface area contributed by atoms with Gasteiger partial charge in [0, 0.05) is 38.6 Å². The minimum atomic E-state index is -0.497. The fraction of sp³-hybridized carbons (Fsp3) is 0.348. The molecule has 0 N–H and O–H groups in total. The van der Waals surface area contributed by atoms with Crippen molar-refractivity contribution in [3.8, 4) is 0 Å². The van der Waals surface area contributed by atoms with Crippen LogP contribution in [0.3, 0.4) is 0 Å². The number of carbonyl (C=O) groups excluding carboxylic acids is 1. The van der Waals surface area contributed by atoms with Crippen LogP contribution in [0.1, 0.15) is 33.3 Å². The van der Waals surface area contributed by atoms with Crippen LogP contribution in [-0.2, 0) is 4.74 Å². The number of hydrogen-bond donors (Lipinski definition) is 0. The molecule has 1 fully saturated rings. The molecule has 1 aromatic carbocycles. The van der Waals surface area contributed by atoms with Crippen molar-refractivity contribution in [1.82, 2.24) is 14.8 Å². The molecule has 0 saturated carbocycles. The Morgan fingerprint density at radius 3 is 2.73 bits per heavy atom. The molecular weight excluding hydrogens is 382 g/mol. The van der Waals surface area contributed by atoms with Gasteiger partial charge in [0.05, 0.1) is 30.2 Å². The molecule has 5 rings (SSSR count). The fourth-order valence-electron chi connectivity index (χ4n) is 4.32. The molecule has 7 heteroatoms. The smallest absolute Gasteiger partial charge is 0.290 e. The molecule has 1 saturated heterocycles. The summed E-state index contributed by atoms with van der Waals surface area (Å²) in [5.74, 6) is -0.0983. The van der Waals surface area contributed by atoms with Gasteiger partial charge in [0.2, 0.25) is 5.76 Å². The van der Waals surface area contributed by atoms with E-state index in [0.29, 0.717) is 42.8 Å². The van der Waals surface area contributed by atoms with E-state index >= 15 is 0 Å². The molecule has 0 bridgehead atoms. The van der Waals surface area contributed by atoms with Crippen molar-refractivity contribution >= 4 is 16.9 Å². The lowest BCUT2D eigenvalue weighted by Gasteiger charge is -2.30. The lowest BCUT2D eigenvalue weighted by atomic mass is 9.99. The quantitative estimate of drug-likeness (QED) is 0.663. The Labute approximate surface area is 173 Å². The molecule has 30 heavy (non-hydrogen) atoms. The van der Waals surface area contributed by atoms with Crippen LogP contribution in [0.2, 0.25) is 0 Å². The van der Waals surface area contributed by atoms with Gasteiger partial charge in [-0.3, -0.25) is 19.5 Å². The van der Waals surface area contributed by atoms with Gasteiger partial charge in [-0.15, -0.1) is 0 Å². The van der Waals surface area contributed by atoms with E-state index in [1.165, 1.54) is 0 Å². The number of aromatic nitrogens is 1. The molecule has 3 aromatic rings. The van der Waals surface area contributed by atoms with E-state index in [4.69, 9.17) is 9.15 Å². The first-order valence-corrected chi connectivity index (χ1v) is 10.2. The Morgan fingerprint density at radius 1 is 1.13 bits per heavy atom. The molecule has 2 aromatic heterocycles. The van der Waals surface area contributed by atoms with E-state index < -0.39 is 6.04 Å². The fourth-order valence-corrected chi connectivity index (χ4v) is 4.32. The number of rotatable bonds is 4. The van der Waals surface area contributed by atoms with Crippen LogP contribution >= 0.6 is 0 Å². The maximum atomic E-state index is 13.5. The number of nitrogens with zero attached hydrogens (tertiary/aromatic N) is 3. The Bertz CT molecular complexity index is 1150. The first-order chi connectivity index (χ1) is 14.6. The van der Waals surface area contributed by atoms with E-state index in [2.05, 4.69) is 9.88 Å². The largest absolute Gasteiger partial charge is 0.450 e. The summed E-state index contributed by atoms with van der Waals surface area (Å²) < 4.78 is 11.4. The van der Waals surface area contributed by atoms with Crippen LogP contribution < -0.4 is 5.43 Å². The van der Waals surface area contributed by atoms with Gasteiger partial charge < -0.3 is 14.1 Å². The minimum absolute atomic E-state index is 0.146. The van der Waals surface area contributed by atoms with E-state index in [0.717, 1.165) is 24.2 Å². The summed E-state index contributed by atoms with van der Waals surface area (Å²) in [6.45, 7) is 6.23. The second kappa shape index (κ2) is 7.66. The molecule has 2 aliphatic rings. The molecule has 0 spiro atoms. The normalized spacial score (nSPS) is 19.4. The first-order valence-electron chi connectivity index (χ1n) is 10.2. The van der Waals surface area contributed by atoms with Gasteiger partial charge in [0.15, 0.2) is 5.43 Å². The SMILES string of the molecule is Cc1ccc2oc3c(c(=O)c2c1)C(c1cccnc1)N(CCN1CCOCC1)C3=O. The van der Waals surface area contributed by atoms with Crippen LogP contribution in [0.15, 0.2) is 51.9 Å². The van der Waals surface area contributed by atoms with Crippen molar-refractivity contribution in [2.75, 3.05) is 39.4 Å². The Morgan fingerprint density at radius 2 is 1.97 bits per heavy atom. The summed E-state index contributed by atoms with van der Waals surface area (Å²) >= 11 is 0. The highest BCUT2D eigenvalue weighted by atomic mass is 16.5. The van der Waals surface area contributed by atoms with Crippen molar-refractivity contribution < 1.29 is 13.9 Å². The van der Waals surface area contributed by atoms with E-state index in [9.17, 15) is 9.59 Å². The summed E-state index contributed by atoms with van der Waals surface area (Å²) in [6.07, 6.45) is 3.40. The van der Waals surface area contributed by atoms with Crippen molar-refractivity contribution in [1.29, 1.82) is 0 Å². The summed E-state index contributed by atoms with van der Waals surface area (Å²) in [6, 6.07) is 8.69. The molecular formula is C23H23N3O4. The van der Waals surface area contributed by atoms with Gasteiger partial charge in [0.25, 0.3) is 5.91 Å². The molecule has 1 unspecified atom stereocenters. The number of aryl methyl sites for hydroxylation is 1. The number of ether oxygens (including phenoxy) is 1. The van der Waals surface area contributed by atoms with Crippen molar-refractivity contribution in [2.24, 2.45) is 0 Å². The average molecular weight is 405 g/mol. The highest BCUT2D eigenvalue weighted by Crippen LogP contribution is 2.37. The monoisotopic (exact) mass is 405 g/mol. The summed E-state index contributed by atoms with van der Waals surface area (Å²) in [7, 11) is 0. The third-order valence-corrected chi connectivity index (χ3v) is 5.88. The summed E-state index contributed by atoms with van der Waals surface area (Å²) in [5.41, 5.74) is 2.49. The number of benzene rings is 1. The first kappa shape index (κ1) is 19.0. The molecule has 0 radical (unpaired) electrons. The lowest BCUT2D eigenvalue weighted by molar-refractivity contribution is 0.0314. The number of morpholine rings is 1. The molecule has 7 nitrogen and oxygen atoms in total. The highest BCUT2D eigenvalue weighted by molar-refractivity contribution is 5.99. The van der Waals surface area contributed by atoms with E-state index in [1.54, 1.807) is 23.4 Å². The predicted molar refractivity (Wildman–Crippen MR) is 112 cm³/mol. The number of amides is 1. The topological polar surface area (TPSA) is 75.9 Å². The molecule has 154 valence electrons. The zero-order valence-electron chi connectivity index (χ0n) is 16.8. The Hall–Kier alpha value is -3.03. The predicted octanol–water partition coefficient (Wildman–Crippen LogP) is 2.37. The third kappa shape index (κ3) is 3.20. The second-order valence-corrected chi connectivity index (χ2v) is 7.82. The number of carbonyl (C=O) groups is 1. The average Bonchev–Trinajstić information content (AvgIpc) is 3.06. The van der Waals surface area contributed by atoms with Crippen LogP contribution in [-0.4, -0.2) is 60.1 Å². The van der Waals surface area contributed by atoms with Gasteiger partial charge in [-0.05, 0) is 30.7 Å². The zero-order valence-corrected chi connectivity index (χ0v) is 16.8. The van der Waals surface area contributed by atoms with Crippen molar-refractivity contribution in [3.63, 3.8) is 0 Å². The number of fused-ring (bicyclic) bond motifs is 2. The number of pyridine rings is 1. The van der Waals surface area contributed by atoms with E-state index in [1.807, 2.05) is 31.2 Å². The van der Waals surface area contributed by atoms with Crippen LogP contribution in [0.25, 0.3) is 11.0 Å². The molecule has 1 atom stereocenters. The Balaban J connectivity index is 1.60. The van der Waals surface area contributed by atoms with Crippen LogP contribution in [0.5, 0.6) is 0 Å². The van der Waals surface area contributed by atoms with Crippen LogP contribution in [0.4, 0.5) is 0 Å². The maximum Gasteiger partial charge on any atom is 0.290 e.